The molecule has 0 heterocycles. The van der Waals surface area contributed by atoms with Crippen molar-refractivity contribution < 1.29 is 14.4 Å². The van der Waals surface area contributed by atoms with Crippen LogP contribution < -0.4 is 5.32 Å². The fourth-order valence-electron chi connectivity index (χ4n) is 3.05. The largest absolute Gasteiger partial charge is 0.321 e. The number of carbonyl (C=O) groups excluding carboxylic acids is 3. The number of hydrogen-bond donors (Lipinski definition) is 1. The first-order valence-electron chi connectivity index (χ1n) is 8.05. The second-order valence-corrected chi connectivity index (χ2v) is 7.28. The number of rotatable bonds is 2. The van der Waals surface area contributed by atoms with Gasteiger partial charge in [0, 0.05) is 26.7 Å². The summed E-state index contributed by atoms with van der Waals surface area (Å²) in [5, 5.41) is 2.90. The van der Waals surface area contributed by atoms with Gasteiger partial charge in [0.15, 0.2) is 11.6 Å². The number of benzene rings is 3. The van der Waals surface area contributed by atoms with Crippen molar-refractivity contribution in [3.63, 3.8) is 0 Å². The summed E-state index contributed by atoms with van der Waals surface area (Å²) in [6.45, 7) is 0. The molecule has 1 aliphatic rings. The van der Waals surface area contributed by atoms with Crippen LogP contribution in [0.5, 0.6) is 0 Å². The Morgan fingerprint density at radius 2 is 1.37 bits per heavy atom. The van der Waals surface area contributed by atoms with Crippen LogP contribution in [0.25, 0.3) is 0 Å². The van der Waals surface area contributed by atoms with Crippen LogP contribution in [0.3, 0.4) is 0 Å². The van der Waals surface area contributed by atoms with Crippen molar-refractivity contribution in [2.75, 3.05) is 5.32 Å². The zero-order valence-electron chi connectivity index (χ0n) is 13.8. The van der Waals surface area contributed by atoms with E-state index in [9.17, 15) is 14.4 Å². The molecule has 0 aliphatic heterocycles. The first-order chi connectivity index (χ1) is 13.0. The van der Waals surface area contributed by atoms with Gasteiger partial charge in [0.05, 0.1) is 16.3 Å². The number of amides is 1. The predicted molar refractivity (Wildman–Crippen MR) is 107 cm³/mol. The van der Waals surface area contributed by atoms with E-state index in [2.05, 4.69) is 21.2 Å². The van der Waals surface area contributed by atoms with Crippen molar-refractivity contribution in [2.24, 2.45) is 0 Å². The van der Waals surface area contributed by atoms with Crippen LogP contribution in [0.1, 0.15) is 42.2 Å². The molecule has 27 heavy (non-hydrogen) atoms. The molecule has 0 saturated heterocycles. The first kappa shape index (κ1) is 17.6. The average Bonchev–Trinajstić information content (AvgIpc) is 2.67. The minimum absolute atomic E-state index is 0.190. The third-order valence-corrected chi connectivity index (χ3v) is 5.38. The maximum absolute atomic E-state index is 12.8. The van der Waals surface area contributed by atoms with Crippen LogP contribution in [-0.2, 0) is 0 Å². The molecule has 0 bridgehead atoms. The normalized spacial score (nSPS) is 12.4. The first-order valence-corrected chi connectivity index (χ1v) is 9.22. The third kappa shape index (κ3) is 2.99. The Hall–Kier alpha value is -2.76. The van der Waals surface area contributed by atoms with Crippen LogP contribution in [-0.4, -0.2) is 17.5 Å². The molecule has 132 valence electrons. The molecule has 0 atom stereocenters. The Bertz CT molecular complexity index is 1140. The highest BCUT2D eigenvalue weighted by Crippen LogP contribution is 2.34. The molecule has 1 aliphatic carbocycles. The van der Waals surface area contributed by atoms with Crippen molar-refractivity contribution in [3.05, 3.63) is 98.0 Å². The van der Waals surface area contributed by atoms with Gasteiger partial charge in [-0.1, -0.05) is 48.0 Å². The molecule has 0 unspecified atom stereocenters. The average molecular weight is 441 g/mol. The zero-order valence-corrected chi connectivity index (χ0v) is 16.1. The summed E-state index contributed by atoms with van der Waals surface area (Å²) in [6.07, 6.45) is 0. The molecule has 1 amide bonds. The van der Waals surface area contributed by atoms with E-state index < -0.39 is 0 Å². The van der Waals surface area contributed by atoms with Crippen LogP contribution in [0.4, 0.5) is 5.69 Å². The van der Waals surface area contributed by atoms with E-state index in [1.165, 1.54) is 12.1 Å². The van der Waals surface area contributed by atoms with E-state index in [0.29, 0.717) is 21.2 Å². The molecule has 0 fully saturated rings. The minimum Gasteiger partial charge on any atom is -0.321 e. The summed E-state index contributed by atoms with van der Waals surface area (Å²) in [4.78, 5) is 38.1. The maximum atomic E-state index is 12.8. The van der Waals surface area contributed by atoms with Gasteiger partial charge in [-0.05, 0) is 40.2 Å². The lowest BCUT2D eigenvalue weighted by atomic mass is 9.84. The Kier molecular flexibility index (Phi) is 4.42. The molecule has 3 aromatic rings. The summed E-state index contributed by atoms with van der Waals surface area (Å²) in [7, 11) is 0. The van der Waals surface area contributed by atoms with E-state index in [1.807, 2.05) is 0 Å². The van der Waals surface area contributed by atoms with Gasteiger partial charge >= 0.3 is 0 Å². The molecule has 4 nitrogen and oxygen atoms in total. The van der Waals surface area contributed by atoms with Gasteiger partial charge in [-0.25, -0.2) is 0 Å². The molecular weight excluding hydrogens is 430 g/mol. The van der Waals surface area contributed by atoms with E-state index in [1.54, 1.807) is 48.5 Å². The molecule has 0 radical (unpaired) electrons. The minimum atomic E-state index is -0.376. The quantitative estimate of drug-likeness (QED) is 0.470. The molecule has 1 N–H and O–H groups in total. The SMILES string of the molecule is O=C(Nc1cc2c(cc1Cl)C(=O)c1ccccc1C2=O)c1ccccc1Br. The lowest BCUT2D eigenvalue weighted by Crippen LogP contribution is -2.22. The highest BCUT2D eigenvalue weighted by molar-refractivity contribution is 9.10. The van der Waals surface area contributed by atoms with Gasteiger partial charge in [-0.15, -0.1) is 0 Å². The van der Waals surface area contributed by atoms with Gasteiger partial charge in [0.2, 0.25) is 0 Å². The molecule has 4 rings (SSSR count). The number of anilines is 1. The Labute approximate surface area is 168 Å². The maximum Gasteiger partial charge on any atom is 0.256 e. The lowest BCUT2D eigenvalue weighted by molar-refractivity contribution is 0.0979. The van der Waals surface area contributed by atoms with E-state index in [4.69, 9.17) is 11.6 Å². The monoisotopic (exact) mass is 439 g/mol. The van der Waals surface area contributed by atoms with Crippen molar-refractivity contribution in [1.82, 2.24) is 0 Å². The Morgan fingerprint density at radius 1 is 0.815 bits per heavy atom. The molecule has 3 aromatic carbocycles. The third-order valence-electron chi connectivity index (χ3n) is 4.38. The van der Waals surface area contributed by atoms with E-state index in [-0.39, 0.29) is 39.3 Å². The zero-order chi connectivity index (χ0) is 19.1. The number of ketones is 2. The number of halogens is 2. The van der Waals surface area contributed by atoms with E-state index in [0.717, 1.165) is 0 Å². The number of carbonyl (C=O) groups is 3. The fourth-order valence-corrected chi connectivity index (χ4v) is 3.72. The van der Waals surface area contributed by atoms with Crippen molar-refractivity contribution in [2.45, 2.75) is 0 Å². The summed E-state index contributed by atoms with van der Waals surface area (Å²) >= 11 is 9.61. The number of nitrogens with one attached hydrogen (secondary N) is 1. The Balaban J connectivity index is 1.76. The fraction of sp³-hybridized carbons (Fsp3) is 0. The van der Waals surface area contributed by atoms with Crippen molar-refractivity contribution in [3.8, 4) is 0 Å². The summed E-state index contributed by atoms with van der Waals surface area (Å²) in [6, 6.07) is 16.5. The number of hydrogen-bond acceptors (Lipinski definition) is 3. The van der Waals surface area contributed by atoms with Crippen molar-refractivity contribution >= 4 is 50.7 Å². The lowest BCUT2D eigenvalue weighted by Gasteiger charge is -2.19. The van der Waals surface area contributed by atoms with Gasteiger partial charge in [0.25, 0.3) is 5.91 Å². The predicted octanol–water partition coefficient (Wildman–Crippen LogP) is 5.13. The van der Waals surface area contributed by atoms with Crippen LogP contribution >= 0.6 is 27.5 Å². The van der Waals surface area contributed by atoms with Gasteiger partial charge in [-0.3, -0.25) is 14.4 Å². The van der Waals surface area contributed by atoms with Crippen LogP contribution in [0.15, 0.2) is 65.1 Å². The standard InChI is InChI=1S/C21H11BrClNO3/c22-16-8-4-3-7-13(16)21(27)24-18-10-15-14(9-17(18)23)19(25)11-5-1-2-6-12(11)20(15)26/h1-10H,(H,24,27). The second kappa shape index (κ2) is 6.76. The molecule has 0 aromatic heterocycles. The summed E-state index contributed by atoms with van der Waals surface area (Å²) in [5.74, 6) is -0.904. The van der Waals surface area contributed by atoms with Gasteiger partial charge in [-0.2, -0.15) is 0 Å². The van der Waals surface area contributed by atoms with E-state index >= 15 is 0 Å². The van der Waals surface area contributed by atoms with Crippen molar-refractivity contribution in [1.29, 1.82) is 0 Å². The van der Waals surface area contributed by atoms with Gasteiger partial charge in [0.1, 0.15) is 0 Å². The second-order valence-electron chi connectivity index (χ2n) is 6.02. The highest BCUT2D eigenvalue weighted by atomic mass is 79.9. The topological polar surface area (TPSA) is 63.2 Å². The Morgan fingerprint density at radius 3 is 2.00 bits per heavy atom. The summed E-state index contributed by atoms with van der Waals surface area (Å²) < 4.78 is 0.636. The summed E-state index contributed by atoms with van der Waals surface area (Å²) in [5.41, 5.74) is 1.88. The highest BCUT2D eigenvalue weighted by Gasteiger charge is 2.30. The smallest absolute Gasteiger partial charge is 0.256 e. The number of fused-ring (bicyclic) bond motifs is 2. The van der Waals surface area contributed by atoms with Crippen LogP contribution in [0, 0.1) is 0 Å². The van der Waals surface area contributed by atoms with Gasteiger partial charge < -0.3 is 5.32 Å². The molecular formula is C21H11BrClNO3. The molecule has 0 spiro atoms. The van der Waals surface area contributed by atoms with Crippen LogP contribution in [0.2, 0.25) is 5.02 Å². The molecule has 6 heteroatoms. The molecule has 0 saturated carbocycles.